The number of carbonyl (C=O) groups is 4. The van der Waals surface area contributed by atoms with Gasteiger partial charge in [-0.1, -0.05) is 17.7 Å². The molecule has 0 radical (unpaired) electrons. The normalized spacial score (nSPS) is 25.0. The smallest absolute Gasteiger partial charge is 0.271 e. The van der Waals surface area contributed by atoms with Crippen molar-refractivity contribution in [1.82, 2.24) is 0 Å². The van der Waals surface area contributed by atoms with Crippen molar-refractivity contribution in [2.45, 2.75) is 18.8 Å². The zero-order valence-corrected chi connectivity index (χ0v) is 23.9. The number of carbonyl (C=O) groups excluding carboxylic acids is 4. The predicted octanol–water partition coefficient (Wildman–Crippen LogP) is 4.28. The van der Waals surface area contributed by atoms with Gasteiger partial charge in [-0.15, -0.1) is 0 Å². The zero-order chi connectivity index (χ0) is 30.0. The summed E-state index contributed by atoms with van der Waals surface area (Å²) in [6.07, 6.45) is 3.32. The number of aromatic hydroxyl groups is 1. The number of imide groups is 1. The van der Waals surface area contributed by atoms with E-state index >= 15 is 0 Å². The first-order valence-electron chi connectivity index (χ1n) is 13.0. The molecule has 2 aromatic rings. The van der Waals surface area contributed by atoms with Gasteiger partial charge in [-0.2, -0.15) is 0 Å². The average Bonchev–Trinajstić information content (AvgIpc) is 3.24. The Balaban J connectivity index is 1.50. The molecule has 0 bridgehead atoms. The van der Waals surface area contributed by atoms with Crippen LogP contribution < -0.4 is 14.4 Å². The lowest BCUT2D eigenvalue weighted by Crippen LogP contribution is -2.39. The van der Waals surface area contributed by atoms with E-state index in [1.807, 2.05) is 6.08 Å². The number of nitro benzene ring substituents is 1. The van der Waals surface area contributed by atoms with E-state index in [2.05, 4.69) is 15.9 Å². The van der Waals surface area contributed by atoms with Crippen molar-refractivity contribution >= 4 is 50.7 Å². The summed E-state index contributed by atoms with van der Waals surface area (Å²) >= 11 is 3.20. The van der Waals surface area contributed by atoms with Crippen molar-refractivity contribution in [1.29, 1.82) is 0 Å². The first kappa shape index (κ1) is 27.6. The van der Waals surface area contributed by atoms with Crippen LogP contribution in [0.1, 0.15) is 24.3 Å². The number of rotatable bonds is 5. The van der Waals surface area contributed by atoms with Gasteiger partial charge in [-0.05, 0) is 58.5 Å². The Morgan fingerprint density at radius 3 is 2.36 bits per heavy atom. The quantitative estimate of drug-likeness (QED) is 0.167. The van der Waals surface area contributed by atoms with Crippen LogP contribution in [0.25, 0.3) is 0 Å². The van der Waals surface area contributed by atoms with Crippen LogP contribution in [0, 0.1) is 27.9 Å². The molecule has 0 spiro atoms. The maximum atomic E-state index is 14.0. The highest BCUT2D eigenvalue weighted by molar-refractivity contribution is 9.12. The summed E-state index contributed by atoms with van der Waals surface area (Å²) in [5.41, 5.74) is 1.54. The highest BCUT2D eigenvalue weighted by Gasteiger charge is 2.57. The summed E-state index contributed by atoms with van der Waals surface area (Å²) in [4.78, 5) is 66.2. The van der Waals surface area contributed by atoms with Gasteiger partial charge in [-0.25, -0.2) is 4.90 Å². The number of Topliss-reactive ketones (excluding diaryl/α,β-unsaturated/α-hetero) is 1. The average molecular weight is 635 g/mol. The number of hydrogen-bond donors (Lipinski definition) is 1. The maximum Gasteiger partial charge on any atom is 0.271 e. The number of ether oxygens (including phenoxy) is 2. The van der Waals surface area contributed by atoms with Crippen molar-refractivity contribution in [3.05, 3.63) is 85.4 Å². The van der Waals surface area contributed by atoms with Crippen LogP contribution in [0.4, 0.5) is 11.4 Å². The minimum absolute atomic E-state index is 0.0560. The largest absolute Gasteiger partial charge is 0.502 e. The molecule has 1 heterocycles. The SMILES string of the molecule is COc1cc(C2C3=CCC4C(=O)N(c5cccc([N+](=O)[O-])c5)C(=O)C4C3CC3=C2C(=O)C=C(Br)C3=O)cc(OC)c1O. The number of anilines is 1. The number of halogens is 1. The first-order chi connectivity index (χ1) is 20.1. The predicted molar refractivity (Wildman–Crippen MR) is 151 cm³/mol. The fraction of sp³-hybridized carbons (Fsp3) is 0.267. The third-order valence-corrected chi connectivity index (χ3v) is 9.05. The van der Waals surface area contributed by atoms with Crippen LogP contribution in [0.15, 0.2) is 69.8 Å². The molecule has 2 amide bonds. The van der Waals surface area contributed by atoms with Gasteiger partial charge in [0, 0.05) is 35.3 Å². The number of nitro groups is 1. The van der Waals surface area contributed by atoms with Gasteiger partial charge in [0.25, 0.3) is 5.69 Å². The second-order valence-electron chi connectivity index (χ2n) is 10.5. The molecule has 214 valence electrons. The number of allylic oxidation sites excluding steroid dienone is 6. The number of phenolic OH excluding ortho intramolecular Hbond substituents is 1. The fourth-order valence-corrected chi connectivity index (χ4v) is 7.11. The van der Waals surface area contributed by atoms with E-state index in [9.17, 15) is 34.4 Å². The monoisotopic (exact) mass is 634 g/mol. The molecule has 1 aliphatic heterocycles. The molecule has 4 aliphatic rings. The molecular weight excluding hydrogens is 612 g/mol. The highest BCUT2D eigenvalue weighted by Crippen LogP contribution is 2.56. The zero-order valence-electron chi connectivity index (χ0n) is 22.3. The molecule has 1 N–H and O–H groups in total. The summed E-state index contributed by atoms with van der Waals surface area (Å²) in [5, 5.41) is 21.9. The lowest BCUT2D eigenvalue weighted by atomic mass is 9.59. The number of non-ortho nitro benzene ring substituents is 1. The Kier molecular flexibility index (Phi) is 6.60. The fourth-order valence-electron chi connectivity index (χ4n) is 6.67. The Morgan fingerprint density at radius 2 is 1.71 bits per heavy atom. The van der Waals surface area contributed by atoms with E-state index in [4.69, 9.17) is 9.47 Å². The lowest BCUT2D eigenvalue weighted by molar-refractivity contribution is -0.384. The second-order valence-corrected chi connectivity index (χ2v) is 11.3. The van der Waals surface area contributed by atoms with Gasteiger partial charge in [0.15, 0.2) is 23.1 Å². The van der Waals surface area contributed by atoms with Gasteiger partial charge < -0.3 is 14.6 Å². The number of ketones is 2. The van der Waals surface area contributed by atoms with Gasteiger partial charge in [0.2, 0.25) is 17.6 Å². The van der Waals surface area contributed by atoms with Gasteiger partial charge >= 0.3 is 0 Å². The Hall–Kier alpha value is -4.58. The van der Waals surface area contributed by atoms with Crippen molar-refractivity contribution in [3.8, 4) is 17.2 Å². The van der Waals surface area contributed by atoms with Crippen LogP contribution in [-0.4, -0.2) is 47.6 Å². The number of amides is 2. The summed E-state index contributed by atoms with van der Waals surface area (Å²) in [6, 6.07) is 8.47. The third-order valence-electron chi connectivity index (χ3n) is 8.47. The Bertz CT molecular complexity index is 1700. The second kappa shape index (κ2) is 10.1. The van der Waals surface area contributed by atoms with E-state index in [0.29, 0.717) is 11.1 Å². The molecular formula is C30H23BrN2O9. The Morgan fingerprint density at radius 1 is 1.02 bits per heavy atom. The number of nitrogens with zero attached hydrogens (tertiary/aromatic N) is 2. The van der Waals surface area contributed by atoms with Crippen LogP contribution in [-0.2, 0) is 19.2 Å². The summed E-state index contributed by atoms with van der Waals surface area (Å²) in [7, 11) is 2.75. The summed E-state index contributed by atoms with van der Waals surface area (Å²) in [6.45, 7) is 0. The van der Waals surface area contributed by atoms with Crippen LogP contribution >= 0.6 is 15.9 Å². The number of fused-ring (bicyclic) bond motifs is 3. The van der Waals surface area contributed by atoms with Crippen molar-refractivity contribution < 1.29 is 38.7 Å². The van der Waals surface area contributed by atoms with Crippen molar-refractivity contribution in [3.63, 3.8) is 0 Å². The summed E-state index contributed by atoms with van der Waals surface area (Å²) < 4.78 is 10.8. The number of benzene rings is 2. The lowest BCUT2D eigenvalue weighted by Gasteiger charge is -2.42. The topological polar surface area (TPSA) is 153 Å². The highest BCUT2D eigenvalue weighted by atomic mass is 79.9. The summed E-state index contributed by atoms with van der Waals surface area (Å²) in [5.74, 6) is -4.81. The number of hydrogen-bond acceptors (Lipinski definition) is 9. The minimum Gasteiger partial charge on any atom is -0.502 e. The molecule has 6 rings (SSSR count). The molecule has 2 aromatic carbocycles. The van der Waals surface area contributed by atoms with Crippen molar-refractivity contribution in [2.24, 2.45) is 17.8 Å². The van der Waals surface area contributed by atoms with E-state index in [1.54, 1.807) is 12.1 Å². The number of methoxy groups -OCH3 is 2. The molecule has 0 saturated carbocycles. The maximum absolute atomic E-state index is 14.0. The van der Waals surface area contributed by atoms with Crippen LogP contribution in [0.2, 0.25) is 0 Å². The van der Waals surface area contributed by atoms with Gasteiger partial charge in [0.1, 0.15) is 0 Å². The van der Waals surface area contributed by atoms with E-state index in [1.165, 1.54) is 44.6 Å². The molecule has 0 aromatic heterocycles. The molecule has 4 atom stereocenters. The molecule has 12 heteroatoms. The molecule has 1 fully saturated rings. The van der Waals surface area contributed by atoms with Gasteiger partial charge in [0.05, 0.1) is 41.1 Å². The van der Waals surface area contributed by atoms with E-state index in [0.717, 1.165) is 4.90 Å². The molecule has 4 unspecified atom stereocenters. The first-order valence-corrected chi connectivity index (χ1v) is 13.8. The molecule has 42 heavy (non-hydrogen) atoms. The Labute approximate surface area is 247 Å². The van der Waals surface area contributed by atoms with Crippen LogP contribution in [0.5, 0.6) is 17.2 Å². The standard InChI is InChI=1S/C30H23BrN2O9/c1-41-22-8-13(9-23(42-2)28(22)36)24-16-6-7-17-25(18(16)11-19-26(24)21(34)12-20(31)27(19)35)30(38)32(29(17)37)14-4-3-5-15(10-14)33(39)40/h3-6,8-10,12,17-18,24-25,36H,7,11H2,1-2H3. The molecule has 11 nitrogen and oxygen atoms in total. The van der Waals surface area contributed by atoms with Crippen LogP contribution in [0.3, 0.4) is 0 Å². The van der Waals surface area contributed by atoms with E-state index < -0.39 is 40.4 Å². The minimum atomic E-state index is -0.859. The number of phenols is 1. The third kappa shape index (κ3) is 4.00. The van der Waals surface area contributed by atoms with E-state index in [-0.39, 0.29) is 68.7 Å². The van der Waals surface area contributed by atoms with Crippen molar-refractivity contribution in [2.75, 3.05) is 19.1 Å². The van der Waals surface area contributed by atoms with Gasteiger partial charge in [-0.3, -0.25) is 29.3 Å². The molecule has 3 aliphatic carbocycles. The molecule has 1 saturated heterocycles.